The summed E-state index contributed by atoms with van der Waals surface area (Å²) in [4.78, 5) is 14.3. The van der Waals surface area contributed by atoms with Gasteiger partial charge in [-0.3, -0.25) is 4.79 Å². The first-order chi connectivity index (χ1) is 8.38. The minimum Gasteiger partial charge on any atom is -0.308 e. The number of hydrogen-bond acceptors (Lipinski definition) is 2. The molecule has 1 unspecified atom stereocenters. The molecule has 1 aliphatic rings. The van der Waals surface area contributed by atoms with Gasteiger partial charge in [-0.25, -0.2) is 0 Å². The molecule has 0 saturated carbocycles. The Morgan fingerprint density at radius 3 is 2.72 bits per heavy atom. The average molecular weight is 263 g/mol. The summed E-state index contributed by atoms with van der Waals surface area (Å²) in [5.74, 6) is 0.787. The van der Waals surface area contributed by atoms with Crippen LogP contribution in [0.25, 0.3) is 0 Å². The van der Waals surface area contributed by atoms with Crippen molar-refractivity contribution in [3.8, 4) is 0 Å². The Kier molecular flexibility index (Phi) is 3.71. The fraction of sp³-hybridized carbons (Fsp3) is 0.533. The Hall–Kier alpha value is -0.960. The van der Waals surface area contributed by atoms with Crippen LogP contribution in [0.2, 0.25) is 0 Å². The molecule has 1 aromatic rings. The van der Waals surface area contributed by atoms with E-state index in [1.165, 1.54) is 5.56 Å². The van der Waals surface area contributed by atoms with E-state index >= 15 is 0 Å². The molecule has 0 aliphatic carbocycles. The van der Waals surface area contributed by atoms with Crippen molar-refractivity contribution in [2.45, 2.75) is 44.9 Å². The Labute approximate surface area is 114 Å². The Morgan fingerprint density at radius 1 is 1.39 bits per heavy atom. The van der Waals surface area contributed by atoms with Crippen molar-refractivity contribution in [3.63, 3.8) is 0 Å². The van der Waals surface area contributed by atoms with Crippen LogP contribution in [0.3, 0.4) is 0 Å². The topological polar surface area (TPSA) is 20.3 Å². The van der Waals surface area contributed by atoms with Crippen molar-refractivity contribution in [2.75, 3.05) is 10.7 Å². The lowest BCUT2D eigenvalue weighted by Gasteiger charge is -2.25. The third-order valence-corrected chi connectivity index (χ3v) is 4.36. The minimum absolute atomic E-state index is 0.137. The fourth-order valence-electron chi connectivity index (χ4n) is 2.29. The van der Waals surface area contributed by atoms with Gasteiger partial charge in [-0.15, -0.1) is 11.8 Å². The number of thioether (sulfide) groups is 1. The summed E-state index contributed by atoms with van der Waals surface area (Å²) in [6.45, 7) is 8.56. The fourth-order valence-corrected chi connectivity index (χ4v) is 2.99. The highest BCUT2D eigenvalue weighted by Crippen LogP contribution is 2.33. The highest BCUT2D eigenvalue weighted by Gasteiger charge is 2.30. The normalized spacial score (nSPS) is 18.9. The van der Waals surface area contributed by atoms with Crippen LogP contribution in [0.5, 0.6) is 0 Å². The number of anilines is 1. The van der Waals surface area contributed by atoms with E-state index in [0.717, 1.165) is 12.1 Å². The predicted octanol–water partition coefficient (Wildman–Crippen LogP) is 3.50. The molecule has 1 amide bonds. The Morgan fingerprint density at radius 2 is 2.06 bits per heavy atom. The van der Waals surface area contributed by atoms with Crippen molar-refractivity contribution in [1.29, 1.82) is 0 Å². The van der Waals surface area contributed by atoms with E-state index in [9.17, 15) is 4.79 Å². The molecule has 0 spiro atoms. The van der Waals surface area contributed by atoms with Crippen molar-refractivity contribution >= 4 is 23.4 Å². The molecule has 18 heavy (non-hydrogen) atoms. The number of para-hydroxylation sites is 1. The van der Waals surface area contributed by atoms with Crippen LogP contribution in [0.15, 0.2) is 24.3 Å². The lowest BCUT2D eigenvalue weighted by Crippen LogP contribution is -2.37. The quantitative estimate of drug-likeness (QED) is 0.814. The average Bonchev–Trinajstić information content (AvgIpc) is 2.61. The second kappa shape index (κ2) is 4.96. The maximum absolute atomic E-state index is 12.4. The number of nitrogens with zero attached hydrogens (tertiary/aromatic N) is 1. The summed E-state index contributed by atoms with van der Waals surface area (Å²) in [5, 5.41) is 0. The summed E-state index contributed by atoms with van der Waals surface area (Å²) in [6, 6.07) is 8.52. The lowest BCUT2D eigenvalue weighted by atomic mass is 10.1. The molecule has 1 atom stereocenters. The van der Waals surface area contributed by atoms with Gasteiger partial charge in [0.05, 0.1) is 5.75 Å². The van der Waals surface area contributed by atoms with Crippen LogP contribution in [0, 0.1) is 0 Å². The Balaban J connectivity index is 2.11. The molecule has 0 radical (unpaired) electrons. The van der Waals surface area contributed by atoms with Crippen LogP contribution in [-0.4, -0.2) is 22.4 Å². The number of hydrogen-bond donors (Lipinski definition) is 0. The van der Waals surface area contributed by atoms with Gasteiger partial charge in [0.25, 0.3) is 0 Å². The molecule has 0 bridgehead atoms. The molecule has 3 heteroatoms. The van der Waals surface area contributed by atoms with Gasteiger partial charge in [-0.2, -0.15) is 0 Å². The third-order valence-electron chi connectivity index (χ3n) is 3.10. The molecule has 0 fully saturated rings. The number of amides is 1. The number of rotatable bonds is 2. The zero-order valence-corrected chi connectivity index (χ0v) is 12.4. The van der Waals surface area contributed by atoms with E-state index in [0.29, 0.717) is 5.75 Å². The van der Waals surface area contributed by atoms with Gasteiger partial charge in [0.1, 0.15) is 0 Å². The maximum atomic E-state index is 12.4. The molecular formula is C15H21NOS. The van der Waals surface area contributed by atoms with E-state index < -0.39 is 0 Å². The van der Waals surface area contributed by atoms with Gasteiger partial charge in [-0.1, -0.05) is 39.0 Å². The van der Waals surface area contributed by atoms with E-state index in [1.54, 1.807) is 11.8 Å². The van der Waals surface area contributed by atoms with Crippen molar-refractivity contribution in [2.24, 2.45) is 0 Å². The van der Waals surface area contributed by atoms with Crippen molar-refractivity contribution in [1.82, 2.24) is 0 Å². The van der Waals surface area contributed by atoms with E-state index in [-0.39, 0.29) is 16.7 Å². The zero-order valence-electron chi connectivity index (χ0n) is 11.6. The predicted molar refractivity (Wildman–Crippen MR) is 79.3 cm³/mol. The van der Waals surface area contributed by atoms with Crippen LogP contribution in [0.1, 0.15) is 33.3 Å². The number of benzene rings is 1. The smallest absolute Gasteiger partial charge is 0.237 e. The first-order valence-corrected chi connectivity index (χ1v) is 7.41. The molecule has 98 valence electrons. The highest BCUT2D eigenvalue weighted by molar-refractivity contribution is 8.01. The largest absolute Gasteiger partial charge is 0.308 e. The summed E-state index contributed by atoms with van der Waals surface area (Å²) >= 11 is 1.71. The SMILES string of the molecule is CC1Cc2ccccc2N1C(=O)CSC(C)(C)C. The van der Waals surface area contributed by atoms with Gasteiger partial charge < -0.3 is 4.90 Å². The standard InChI is InChI=1S/C15H21NOS/c1-11-9-12-7-5-6-8-13(12)16(11)14(17)10-18-15(2,3)4/h5-8,11H,9-10H2,1-4H3. The molecule has 0 N–H and O–H groups in total. The van der Waals surface area contributed by atoms with Crippen molar-refractivity contribution < 1.29 is 4.79 Å². The van der Waals surface area contributed by atoms with Crippen molar-refractivity contribution in [3.05, 3.63) is 29.8 Å². The number of carbonyl (C=O) groups is 1. The molecule has 2 nitrogen and oxygen atoms in total. The van der Waals surface area contributed by atoms with Gasteiger partial charge in [-0.05, 0) is 25.0 Å². The molecule has 1 heterocycles. The summed E-state index contributed by atoms with van der Waals surface area (Å²) in [5.41, 5.74) is 2.39. The first-order valence-electron chi connectivity index (χ1n) is 6.42. The second-order valence-electron chi connectivity index (χ2n) is 5.85. The number of fused-ring (bicyclic) bond motifs is 1. The monoisotopic (exact) mass is 263 g/mol. The lowest BCUT2D eigenvalue weighted by molar-refractivity contribution is -0.116. The van der Waals surface area contributed by atoms with E-state index in [1.807, 2.05) is 17.0 Å². The van der Waals surface area contributed by atoms with Gasteiger partial charge in [0, 0.05) is 16.5 Å². The maximum Gasteiger partial charge on any atom is 0.237 e. The minimum atomic E-state index is 0.137. The molecular weight excluding hydrogens is 242 g/mol. The number of carbonyl (C=O) groups excluding carboxylic acids is 1. The zero-order chi connectivity index (χ0) is 13.3. The molecule has 1 aliphatic heterocycles. The van der Waals surface area contributed by atoms with Crippen LogP contribution >= 0.6 is 11.8 Å². The van der Waals surface area contributed by atoms with E-state index in [2.05, 4.69) is 39.8 Å². The van der Waals surface area contributed by atoms with Gasteiger partial charge >= 0.3 is 0 Å². The van der Waals surface area contributed by atoms with Gasteiger partial charge in [0.2, 0.25) is 5.91 Å². The van der Waals surface area contributed by atoms with Crippen LogP contribution in [0.4, 0.5) is 5.69 Å². The second-order valence-corrected chi connectivity index (χ2v) is 7.65. The summed E-state index contributed by atoms with van der Waals surface area (Å²) < 4.78 is 0.137. The third kappa shape index (κ3) is 2.89. The molecule has 0 saturated heterocycles. The molecule has 1 aromatic carbocycles. The van der Waals surface area contributed by atoms with Crippen LogP contribution in [-0.2, 0) is 11.2 Å². The van der Waals surface area contributed by atoms with E-state index in [4.69, 9.17) is 0 Å². The van der Waals surface area contributed by atoms with Gasteiger partial charge in [0.15, 0.2) is 0 Å². The summed E-state index contributed by atoms with van der Waals surface area (Å²) in [7, 11) is 0. The molecule has 0 aromatic heterocycles. The Bertz CT molecular complexity index is 450. The molecule has 2 rings (SSSR count). The first kappa shape index (κ1) is 13.5. The summed E-state index contributed by atoms with van der Waals surface area (Å²) in [6.07, 6.45) is 0.974. The van der Waals surface area contributed by atoms with Crippen LogP contribution < -0.4 is 4.90 Å². The highest BCUT2D eigenvalue weighted by atomic mass is 32.2.